The van der Waals surface area contributed by atoms with Gasteiger partial charge in [-0.1, -0.05) is 101 Å². The Morgan fingerprint density at radius 1 is 0.674 bits per heavy atom. The number of nitrogens with zero attached hydrogens (tertiary/aromatic N) is 2. The molecule has 2 heterocycles. The second kappa shape index (κ2) is 11.8. The molecule has 0 aliphatic rings. The molecule has 0 amide bonds. The minimum absolute atomic E-state index is 0. The van der Waals surface area contributed by atoms with Gasteiger partial charge in [-0.3, -0.25) is 4.98 Å². The average molecular weight is 763 g/mol. The van der Waals surface area contributed by atoms with Crippen molar-refractivity contribution in [2.45, 2.75) is 52.4 Å². The minimum Gasteiger partial charge on any atom is -0.507 e. The summed E-state index contributed by atoms with van der Waals surface area (Å²) >= 11 is 1.62. The van der Waals surface area contributed by atoms with E-state index < -0.39 is 0 Å². The Hall–Kier alpha value is -3.59. The van der Waals surface area contributed by atoms with Crippen molar-refractivity contribution in [3.63, 3.8) is 0 Å². The van der Waals surface area contributed by atoms with E-state index in [1.54, 1.807) is 17.4 Å². The maximum absolute atomic E-state index is 10.9. The summed E-state index contributed by atoms with van der Waals surface area (Å²) in [6, 6.07) is 34.6. The zero-order chi connectivity index (χ0) is 29.6. The molecule has 6 aromatic rings. The second-order valence-corrected chi connectivity index (χ2v) is 13.9. The van der Waals surface area contributed by atoms with Gasteiger partial charge in [-0.05, 0) is 57.3 Å². The summed E-state index contributed by atoms with van der Waals surface area (Å²) in [6.07, 6.45) is 1.89. The molecule has 0 atom stereocenters. The molecule has 3 nitrogen and oxygen atoms in total. The van der Waals surface area contributed by atoms with Crippen LogP contribution in [0.25, 0.3) is 54.3 Å². The van der Waals surface area contributed by atoms with Crippen molar-refractivity contribution in [2.75, 3.05) is 0 Å². The fourth-order valence-corrected chi connectivity index (χ4v) is 6.18. The normalized spacial score (nSPS) is 11.9. The van der Waals surface area contributed by atoms with Crippen LogP contribution < -0.4 is 0 Å². The van der Waals surface area contributed by atoms with Crippen LogP contribution in [0.2, 0.25) is 0 Å². The smallest absolute Gasteiger partial charge is 0.127 e. The summed E-state index contributed by atoms with van der Waals surface area (Å²) in [6.45, 7) is 13.3. The Labute approximate surface area is 273 Å². The number of phenolic OH excluding ortho intramolecular Hbond substituents is 1. The monoisotopic (exact) mass is 762 g/mol. The second-order valence-electron chi connectivity index (χ2n) is 12.9. The van der Waals surface area contributed by atoms with Gasteiger partial charge in [-0.15, -0.1) is 41.2 Å². The average Bonchev–Trinajstić information content (AvgIpc) is 3.41. The summed E-state index contributed by atoms with van der Waals surface area (Å²) < 4.78 is 1.09. The number of thiazole rings is 1. The maximum Gasteiger partial charge on any atom is 0.127 e. The van der Waals surface area contributed by atoms with Gasteiger partial charge in [0.15, 0.2) is 0 Å². The van der Waals surface area contributed by atoms with Gasteiger partial charge in [-0.25, -0.2) is 4.98 Å². The fourth-order valence-electron chi connectivity index (χ4n) is 5.12. The van der Waals surface area contributed by atoms with E-state index in [-0.39, 0.29) is 37.6 Å². The molecule has 0 fully saturated rings. The first-order chi connectivity index (χ1) is 20.0. The number of hydrogen-bond donors (Lipinski definition) is 1. The van der Waals surface area contributed by atoms with E-state index in [2.05, 4.69) is 102 Å². The topological polar surface area (TPSA) is 46.0 Å². The zero-order valence-electron chi connectivity index (χ0n) is 25.3. The first kappa shape index (κ1) is 30.9. The molecule has 2 aromatic heterocycles. The van der Waals surface area contributed by atoms with E-state index in [4.69, 9.17) is 9.97 Å². The largest absolute Gasteiger partial charge is 0.507 e. The van der Waals surface area contributed by atoms with Crippen molar-refractivity contribution in [2.24, 2.45) is 0 Å². The maximum atomic E-state index is 10.9. The van der Waals surface area contributed by atoms with Crippen LogP contribution in [-0.2, 0) is 31.9 Å². The van der Waals surface area contributed by atoms with Gasteiger partial charge >= 0.3 is 0 Å². The van der Waals surface area contributed by atoms with Crippen LogP contribution in [0.1, 0.15) is 52.7 Å². The standard InChI is InChI=1S/C38H35N2OS.Pt/c1-37(2,3)28-17-18-39-32(22-28)27-14-10-13-26(19-27)30-21-29(38(4,5)6)23-34-35(30)40-36(42-34)31-20-25(15-16-33(31)41)24-11-8-7-9-12-24;/h7-18,20-23,41H,1-6H3;/q-1;. The van der Waals surface area contributed by atoms with Crippen LogP contribution in [0, 0.1) is 6.07 Å². The molecule has 0 unspecified atom stereocenters. The molecule has 4 aromatic carbocycles. The Bertz CT molecular complexity index is 1910. The van der Waals surface area contributed by atoms with Gasteiger partial charge in [0.1, 0.15) is 10.8 Å². The van der Waals surface area contributed by atoms with Crippen LogP contribution in [0.3, 0.4) is 0 Å². The van der Waals surface area contributed by atoms with E-state index in [1.165, 1.54) is 11.1 Å². The van der Waals surface area contributed by atoms with E-state index in [1.807, 2.05) is 36.5 Å². The number of benzene rings is 4. The summed E-state index contributed by atoms with van der Waals surface area (Å²) in [5.74, 6) is 0.227. The zero-order valence-corrected chi connectivity index (χ0v) is 28.4. The molecule has 0 saturated carbocycles. The summed E-state index contributed by atoms with van der Waals surface area (Å²) in [5, 5.41) is 11.7. The summed E-state index contributed by atoms with van der Waals surface area (Å²) in [7, 11) is 0. The van der Waals surface area contributed by atoms with Gasteiger partial charge in [0.05, 0.1) is 11.1 Å². The molecular weight excluding hydrogens is 728 g/mol. The summed E-state index contributed by atoms with van der Waals surface area (Å²) in [4.78, 5) is 9.84. The van der Waals surface area contributed by atoms with Crippen molar-refractivity contribution in [3.05, 3.63) is 114 Å². The number of fused-ring (bicyclic) bond motifs is 1. The number of hydrogen-bond acceptors (Lipinski definition) is 4. The van der Waals surface area contributed by atoms with Gasteiger partial charge in [0.2, 0.25) is 0 Å². The van der Waals surface area contributed by atoms with Crippen molar-refractivity contribution < 1.29 is 26.2 Å². The van der Waals surface area contributed by atoms with Gasteiger partial charge in [0, 0.05) is 37.7 Å². The van der Waals surface area contributed by atoms with Crippen LogP contribution in [0.15, 0.2) is 97.2 Å². The van der Waals surface area contributed by atoms with Crippen LogP contribution >= 0.6 is 11.3 Å². The van der Waals surface area contributed by atoms with Crippen molar-refractivity contribution in [1.82, 2.24) is 9.97 Å². The molecule has 0 bridgehead atoms. The predicted molar refractivity (Wildman–Crippen MR) is 177 cm³/mol. The molecule has 43 heavy (non-hydrogen) atoms. The predicted octanol–water partition coefficient (Wildman–Crippen LogP) is 10.5. The molecule has 0 spiro atoms. The molecule has 6 rings (SSSR count). The number of pyridine rings is 1. The van der Waals surface area contributed by atoms with Crippen molar-refractivity contribution in [3.8, 4) is 49.8 Å². The van der Waals surface area contributed by atoms with Crippen LogP contribution in [0.5, 0.6) is 5.75 Å². The first-order valence-electron chi connectivity index (χ1n) is 14.3. The molecule has 0 saturated heterocycles. The van der Waals surface area contributed by atoms with Crippen molar-refractivity contribution in [1.29, 1.82) is 0 Å². The Kier molecular flexibility index (Phi) is 8.49. The Balaban J connectivity index is 0.00000368. The van der Waals surface area contributed by atoms with Crippen LogP contribution in [-0.4, -0.2) is 15.1 Å². The molecule has 0 aliphatic heterocycles. The van der Waals surface area contributed by atoms with E-state index in [9.17, 15) is 5.11 Å². The van der Waals surface area contributed by atoms with E-state index in [0.29, 0.717) is 0 Å². The molecule has 1 N–H and O–H groups in total. The molecule has 0 radical (unpaired) electrons. The third-order valence-corrected chi connectivity index (χ3v) is 8.72. The third kappa shape index (κ3) is 6.37. The molecule has 0 aliphatic carbocycles. The van der Waals surface area contributed by atoms with Crippen molar-refractivity contribution >= 4 is 21.6 Å². The summed E-state index contributed by atoms with van der Waals surface area (Å²) in [5.41, 5.74) is 10.1. The van der Waals surface area contributed by atoms with Gasteiger partial charge in [-0.2, -0.15) is 0 Å². The number of aromatic hydroxyl groups is 1. The van der Waals surface area contributed by atoms with Crippen LogP contribution in [0.4, 0.5) is 0 Å². The van der Waals surface area contributed by atoms with E-state index >= 15 is 0 Å². The Morgan fingerprint density at radius 2 is 1.40 bits per heavy atom. The minimum atomic E-state index is -0.0529. The number of aromatic nitrogens is 2. The number of phenols is 1. The quantitative estimate of drug-likeness (QED) is 0.182. The Morgan fingerprint density at radius 3 is 2.12 bits per heavy atom. The molecular formula is C38H35N2OPtS-. The fraction of sp³-hybridized carbons (Fsp3) is 0.211. The number of rotatable bonds is 4. The van der Waals surface area contributed by atoms with E-state index in [0.717, 1.165) is 54.3 Å². The third-order valence-electron chi connectivity index (χ3n) is 7.68. The molecule has 220 valence electrons. The SMILES string of the molecule is CC(C)(C)c1ccnc(-c2[c-]c(-c3cc(C(C)(C)C)cc4sc(-c5cc(-c6ccccc6)ccc5O)nc34)ccc2)c1.[Pt]. The molecule has 5 heteroatoms. The first-order valence-corrected chi connectivity index (χ1v) is 15.1. The van der Waals surface area contributed by atoms with Gasteiger partial charge < -0.3 is 5.11 Å². The van der Waals surface area contributed by atoms with Gasteiger partial charge in [0.25, 0.3) is 0 Å².